The van der Waals surface area contributed by atoms with Gasteiger partial charge >= 0.3 is 0 Å². The van der Waals surface area contributed by atoms with E-state index in [9.17, 15) is 19.2 Å². The van der Waals surface area contributed by atoms with Crippen molar-refractivity contribution >= 4 is 67.5 Å². The van der Waals surface area contributed by atoms with Crippen molar-refractivity contribution in [2.75, 3.05) is 23.0 Å². The predicted molar refractivity (Wildman–Crippen MR) is 116 cm³/mol. The van der Waals surface area contributed by atoms with Crippen LogP contribution in [-0.4, -0.2) is 43.5 Å². The molecule has 0 unspecified atom stereocenters. The fourth-order valence-corrected chi connectivity index (χ4v) is 5.74. The van der Waals surface area contributed by atoms with Gasteiger partial charge in [-0.1, -0.05) is 59.9 Å². The minimum atomic E-state index is 0.183. The smallest absolute Gasteiger partial charge is 0.188 e. The Labute approximate surface area is 173 Å². The summed E-state index contributed by atoms with van der Waals surface area (Å²) < 4.78 is 0. The molecule has 1 rings (SSSR count). The number of hydrogen-bond donors (Lipinski definition) is 0. The first-order valence-corrected chi connectivity index (χ1v) is 13.1. The summed E-state index contributed by atoms with van der Waals surface area (Å²) in [5.74, 6) is 2.71. The number of rotatable bonds is 0. The number of carbonyl (C=O) groups excluding carboxylic acids is 4. The zero-order chi connectivity index (χ0) is 19.0. The maximum atomic E-state index is 11.8. The highest BCUT2D eigenvalue weighted by Crippen LogP contribution is 2.18. The summed E-state index contributed by atoms with van der Waals surface area (Å²) in [5.41, 5.74) is 0. The highest BCUT2D eigenvalue weighted by atomic mass is 32.2. The molecule has 1 saturated heterocycles. The molecule has 0 saturated carbocycles. The van der Waals surface area contributed by atoms with Gasteiger partial charge < -0.3 is 0 Å². The van der Waals surface area contributed by atoms with E-state index in [0.29, 0.717) is 48.7 Å². The van der Waals surface area contributed by atoms with Crippen LogP contribution in [0.25, 0.3) is 0 Å². The van der Waals surface area contributed by atoms with Gasteiger partial charge in [0.25, 0.3) is 0 Å². The second-order valence-corrected chi connectivity index (χ2v) is 10.6. The van der Waals surface area contributed by atoms with Crippen LogP contribution in [0.3, 0.4) is 0 Å². The first-order chi connectivity index (χ1) is 12.6. The van der Waals surface area contributed by atoms with Crippen molar-refractivity contribution in [1.29, 1.82) is 0 Å². The average molecular weight is 437 g/mol. The SMILES string of the molecule is O=C1CCCCCC(=O)SCCSC(=O)CCCCCC(=O)SCCS1. The van der Waals surface area contributed by atoms with E-state index < -0.39 is 0 Å². The van der Waals surface area contributed by atoms with Crippen LogP contribution in [0.2, 0.25) is 0 Å². The summed E-state index contributed by atoms with van der Waals surface area (Å²) in [4.78, 5) is 47.1. The van der Waals surface area contributed by atoms with Crippen molar-refractivity contribution in [3.8, 4) is 0 Å². The lowest BCUT2D eigenvalue weighted by molar-refractivity contribution is -0.112. The van der Waals surface area contributed by atoms with Gasteiger partial charge in [0.2, 0.25) is 0 Å². The standard InChI is InChI=1S/C18H28O4S4/c19-15-7-3-1-4-8-16(20)24-12-14-26-18(22)10-6-2-5-9-17(21)25-13-11-23-15/h1-14H2. The van der Waals surface area contributed by atoms with Gasteiger partial charge in [0.05, 0.1) is 0 Å². The van der Waals surface area contributed by atoms with Crippen molar-refractivity contribution in [3.63, 3.8) is 0 Å². The fourth-order valence-electron chi connectivity index (χ4n) is 2.34. The average Bonchev–Trinajstić information content (AvgIpc) is 2.61. The summed E-state index contributed by atoms with van der Waals surface area (Å²) in [5, 5.41) is 0.732. The van der Waals surface area contributed by atoms with Crippen LogP contribution in [0.5, 0.6) is 0 Å². The minimum absolute atomic E-state index is 0.183. The Morgan fingerprint density at radius 3 is 0.846 bits per heavy atom. The van der Waals surface area contributed by atoms with E-state index in [0.717, 1.165) is 38.5 Å². The van der Waals surface area contributed by atoms with Crippen molar-refractivity contribution in [2.45, 2.75) is 64.2 Å². The largest absolute Gasteiger partial charge is 0.287 e. The lowest BCUT2D eigenvalue weighted by atomic mass is 10.2. The van der Waals surface area contributed by atoms with Crippen LogP contribution in [-0.2, 0) is 19.2 Å². The minimum Gasteiger partial charge on any atom is -0.287 e. The van der Waals surface area contributed by atoms with Gasteiger partial charge in [-0.15, -0.1) is 0 Å². The Bertz CT molecular complexity index is 386. The van der Waals surface area contributed by atoms with E-state index in [1.165, 1.54) is 47.0 Å². The summed E-state index contributed by atoms with van der Waals surface area (Å²) in [7, 11) is 0. The molecule has 0 radical (unpaired) electrons. The Balaban J connectivity index is 2.32. The van der Waals surface area contributed by atoms with Gasteiger partial charge in [0.15, 0.2) is 20.5 Å². The van der Waals surface area contributed by atoms with Crippen molar-refractivity contribution in [2.24, 2.45) is 0 Å². The van der Waals surface area contributed by atoms with Crippen molar-refractivity contribution in [3.05, 3.63) is 0 Å². The predicted octanol–water partition coefficient (Wildman–Crippen LogP) is 4.94. The molecule has 1 heterocycles. The molecule has 0 spiro atoms. The van der Waals surface area contributed by atoms with Gasteiger partial charge in [-0.25, -0.2) is 0 Å². The molecule has 0 aromatic heterocycles. The molecule has 0 aromatic carbocycles. The maximum Gasteiger partial charge on any atom is 0.188 e. The molecule has 1 aliphatic rings. The van der Waals surface area contributed by atoms with Crippen molar-refractivity contribution < 1.29 is 19.2 Å². The first-order valence-electron chi connectivity index (χ1n) is 9.20. The van der Waals surface area contributed by atoms with Crippen LogP contribution in [0.15, 0.2) is 0 Å². The van der Waals surface area contributed by atoms with E-state index >= 15 is 0 Å². The highest BCUT2D eigenvalue weighted by Gasteiger charge is 2.09. The molecule has 0 bridgehead atoms. The van der Waals surface area contributed by atoms with Crippen molar-refractivity contribution in [1.82, 2.24) is 0 Å². The molecule has 4 nitrogen and oxygen atoms in total. The molecule has 26 heavy (non-hydrogen) atoms. The Hall–Kier alpha value is 0.0800. The number of hydrogen-bond acceptors (Lipinski definition) is 8. The van der Waals surface area contributed by atoms with E-state index in [-0.39, 0.29) is 20.5 Å². The van der Waals surface area contributed by atoms with Crippen LogP contribution >= 0.6 is 47.0 Å². The Kier molecular flexibility index (Phi) is 14.9. The van der Waals surface area contributed by atoms with Gasteiger partial charge in [-0.3, -0.25) is 19.2 Å². The van der Waals surface area contributed by atoms with Gasteiger partial charge in [0, 0.05) is 48.7 Å². The summed E-state index contributed by atoms with van der Waals surface area (Å²) >= 11 is 5.24. The molecule has 1 aliphatic heterocycles. The summed E-state index contributed by atoms with van der Waals surface area (Å²) in [6.45, 7) is 0. The Morgan fingerprint density at radius 1 is 0.385 bits per heavy atom. The number of carbonyl (C=O) groups is 4. The van der Waals surface area contributed by atoms with Gasteiger partial charge in [0.1, 0.15) is 0 Å². The van der Waals surface area contributed by atoms with Crippen LogP contribution in [0, 0.1) is 0 Å². The lowest BCUT2D eigenvalue weighted by Crippen LogP contribution is -2.01. The third kappa shape index (κ3) is 14.2. The third-order valence-electron chi connectivity index (χ3n) is 3.74. The normalized spacial score (nSPS) is 22.5. The summed E-state index contributed by atoms with van der Waals surface area (Å²) in [6, 6.07) is 0. The maximum absolute atomic E-state index is 11.8. The molecular formula is C18H28O4S4. The van der Waals surface area contributed by atoms with E-state index in [4.69, 9.17) is 0 Å². The molecule has 0 amide bonds. The van der Waals surface area contributed by atoms with Crippen LogP contribution in [0.1, 0.15) is 64.2 Å². The zero-order valence-corrected chi connectivity index (χ0v) is 18.4. The monoisotopic (exact) mass is 436 g/mol. The van der Waals surface area contributed by atoms with E-state index in [1.54, 1.807) is 0 Å². The highest BCUT2D eigenvalue weighted by molar-refractivity contribution is 8.17. The topological polar surface area (TPSA) is 68.3 Å². The molecule has 0 atom stereocenters. The zero-order valence-electron chi connectivity index (χ0n) is 15.2. The molecule has 1 fully saturated rings. The molecule has 0 aromatic rings. The molecule has 148 valence electrons. The second kappa shape index (κ2) is 16.1. The summed E-state index contributed by atoms with van der Waals surface area (Å²) in [6.07, 6.45) is 7.23. The quantitative estimate of drug-likeness (QED) is 0.529. The molecular weight excluding hydrogens is 408 g/mol. The Morgan fingerprint density at radius 2 is 0.615 bits per heavy atom. The lowest BCUT2D eigenvalue weighted by Gasteiger charge is -2.04. The number of thioether (sulfide) groups is 4. The fraction of sp³-hybridized carbons (Fsp3) is 0.778. The first kappa shape index (κ1) is 24.1. The molecule has 0 N–H and O–H groups in total. The van der Waals surface area contributed by atoms with Gasteiger partial charge in [-0.05, 0) is 25.7 Å². The third-order valence-corrected chi connectivity index (χ3v) is 8.00. The van der Waals surface area contributed by atoms with Crippen LogP contribution in [0.4, 0.5) is 0 Å². The van der Waals surface area contributed by atoms with E-state index in [1.807, 2.05) is 0 Å². The molecule has 0 aliphatic carbocycles. The van der Waals surface area contributed by atoms with E-state index in [2.05, 4.69) is 0 Å². The van der Waals surface area contributed by atoms with Crippen LogP contribution < -0.4 is 0 Å². The molecule has 8 heteroatoms. The van der Waals surface area contributed by atoms with Gasteiger partial charge in [-0.2, -0.15) is 0 Å². The second-order valence-electron chi connectivity index (χ2n) is 6.00.